The van der Waals surface area contributed by atoms with Crippen molar-refractivity contribution in [3.63, 3.8) is 0 Å². The maximum Gasteiger partial charge on any atom is 0.255 e. The molecule has 3 aromatic carbocycles. The number of carbonyl (C=O) groups is 3. The van der Waals surface area contributed by atoms with Crippen molar-refractivity contribution < 1.29 is 14.4 Å². The minimum Gasteiger partial charge on any atom is -0.321 e. The van der Waals surface area contributed by atoms with Crippen LogP contribution >= 0.6 is 27.5 Å². The van der Waals surface area contributed by atoms with E-state index in [0.717, 1.165) is 0 Å². The van der Waals surface area contributed by atoms with Gasteiger partial charge in [-0.25, -0.2) is 0 Å². The summed E-state index contributed by atoms with van der Waals surface area (Å²) in [5, 5.41) is 3.10. The molecule has 0 radical (unpaired) electrons. The summed E-state index contributed by atoms with van der Waals surface area (Å²) in [6, 6.07) is 18.1. The SMILES string of the molecule is CC(=O)c1ccc(C(=O)Nc2ccc(Br)cc2C(=O)c2ccccc2Cl)cc1. The molecule has 0 saturated carbocycles. The van der Waals surface area contributed by atoms with Crippen LogP contribution in [0.3, 0.4) is 0 Å². The summed E-state index contributed by atoms with van der Waals surface area (Å²) in [5.74, 6) is -0.757. The van der Waals surface area contributed by atoms with E-state index in [-0.39, 0.29) is 17.5 Å². The van der Waals surface area contributed by atoms with Crippen LogP contribution < -0.4 is 5.32 Å². The summed E-state index contributed by atoms with van der Waals surface area (Å²) in [6.45, 7) is 1.46. The fourth-order valence-electron chi connectivity index (χ4n) is 2.65. The number of anilines is 1. The van der Waals surface area contributed by atoms with Gasteiger partial charge in [0.15, 0.2) is 11.6 Å². The van der Waals surface area contributed by atoms with Crippen molar-refractivity contribution in [3.05, 3.63) is 98.5 Å². The second-order valence-corrected chi connectivity index (χ2v) is 7.41. The van der Waals surface area contributed by atoms with Gasteiger partial charge < -0.3 is 5.32 Å². The number of rotatable bonds is 5. The summed E-state index contributed by atoms with van der Waals surface area (Å²) in [5.41, 5.74) is 1.94. The fraction of sp³-hybridized carbons (Fsp3) is 0.0455. The van der Waals surface area contributed by atoms with Gasteiger partial charge >= 0.3 is 0 Å². The van der Waals surface area contributed by atoms with Crippen molar-refractivity contribution >= 4 is 50.7 Å². The van der Waals surface area contributed by atoms with Crippen LogP contribution in [0.1, 0.15) is 43.6 Å². The van der Waals surface area contributed by atoms with E-state index in [1.165, 1.54) is 6.92 Å². The van der Waals surface area contributed by atoms with Crippen LogP contribution in [0.2, 0.25) is 5.02 Å². The highest BCUT2D eigenvalue weighted by molar-refractivity contribution is 9.10. The predicted molar refractivity (Wildman–Crippen MR) is 113 cm³/mol. The Bertz CT molecular complexity index is 1080. The molecule has 0 unspecified atom stereocenters. The molecule has 0 bridgehead atoms. The zero-order valence-electron chi connectivity index (χ0n) is 14.8. The van der Waals surface area contributed by atoms with E-state index in [4.69, 9.17) is 11.6 Å². The van der Waals surface area contributed by atoms with Crippen molar-refractivity contribution in [2.24, 2.45) is 0 Å². The molecule has 3 aromatic rings. The van der Waals surface area contributed by atoms with Crippen molar-refractivity contribution in [3.8, 4) is 0 Å². The number of Topliss-reactive ketones (excluding diaryl/α,β-unsaturated/α-hetero) is 1. The topological polar surface area (TPSA) is 63.2 Å². The van der Waals surface area contributed by atoms with Gasteiger partial charge in [0.1, 0.15) is 0 Å². The summed E-state index contributed by atoms with van der Waals surface area (Å²) in [4.78, 5) is 37.0. The Kier molecular flexibility index (Phi) is 6.07. The average Bonchev–Trinajstić information content (AvgIpc) is 2.69. The molecule has 140 valence electrons. The number of amides is 1. The minimum atomic E-state index is -0.384. The van der Waals surface area contributed by atoms with Crippen molar-refractivity contribution in [1.29, 1.82) is 0 Å². The molecule has 3 rings (SSSR count). The van der Waals surface area contributed by atoms with Gasteiger partial charge in [-0.15, -0.1) is 0 Å². The molecule has 0 spiro atoms. The van der Waals surface area contributed by atoms with Crippen LogP contribution in [0.4, 0.5) is 5.69 Å². The van der Waals surface area contributed by atoms with E-state index in [9.17, 15) is 14.4 Å². The number of hydrogen-bond donors (Lipinski definition) is 1. The Balaban J connectivity index is 1.92. The van der Waals surface area contributed by atoms with Gasteiger partial charge in [-0.1, -0.05) is 51.8 Å². The highest BCUT2D eigenvalue weighted by Crippen LogP contribution is 2.27. The lowest BCUT2D eigenvalue weighted by molar-refractivity contribution is 0.100. The maximum absolute atomic E-state index is 13.0. The second-order valence-electron chi connectivity index (χ2n) is 6.09. The normalized spacial score (nSPS) is 10.4. The Morgan fingerprint density at radius 1 is 0.857 bits per heavy atom. The van der Waals surface area contributed by atoms with E-state index in [1.54, 1.807) is 66.7 Å². The predicted octanol–water partition coefficient (Wildman–Crippen LogP) is 5.79. The molecule has 0 atom stereocenters. The zero-order valence-corrected chi connectivity index (χ0v) is 17.2. The molecule has 0 aromatic heterocycles. The minimum absolute atomic E-state index is 0.0764. The van der Waals surface area contributed by atoms with Crippen molar-refractivity contribution in [2.75, 3.05) is 5.32 Å². The first-order chi connectivity index (χ1) is 13.4. The van der Waals surface area contributed by atoms with Gasteiger partial charge in [0, 0.05) is 26.7 Å². The lowest BCUT2D eigenvalue weighted by Gasteiger charge is -2.12. The second kappa shape index (κ2) is 8.50. The smallest absolute Gasteiger partial charge is 0.255 e. The Morgan fingerprint density at radius 2 is 1.50 bits per heavy atom. The molecule has 28 heavy (non-hydrogen) atoms. The molecule has 0 heterocycles. The number of carbonyl (C=O) groups excluding carboxylic acids is 3. The molecule has 6 heteroatoms. The molecule has 4 nitrogen and oxygen atoms in total. The van der Waals surface area contributed by atoms with E-state index in [1.807, 2.05) is 0 Å². The third kappa shape index (κ3) is 4.38. The van der Waals surface area contributed by atoms with Gasteiger partial charge in [0.25, 0.3) is 5.91 Å². The maximum atomic E-state index is 13.0. The lowest BCUT2D eigenvalue weighted by Crippen LogP contribution is -2.15. The van der Waals surface area contributed by atoms with Gasteiger partial charge in [0.05, 0.1) is 10.7 Å². The first-order valence-electron chi connectivity index (χ1n) is 8.38. The molecular formula is C22H15BrClNO3. The van der Waals surface area contributed by atoms with Crippen LogP contribution in [0.15, 0.2) is 71.2 Å². The highest BCUT2D eigenvalue weighted by Gasteiger charge is 2.18. The average molecular weight is 457 g/mol. The van der Waals surface area contributed by atoms with Gasteiger partial charge in [-0.3, -0.25) is 14.4 Å². The summed E-state index contributed by atoms with van der Waals surface area (Å²) in [6.07, 6.45) is 0. The van der Waals surface area contributed by atoms with E-state index in [2.05, 4.69) is 21.2 Å². The number of hydrogen-bond acceptors (Lipinski definition) is 3. The summed E-state index contributed by atoms with van der Waals surface area (Å²) >= 11 is 9.51. The van der Waals surface area contributed by atoms with Crippen LogP contribution in [-0.4, -0.2) is 17.5 Å². The standard InChI is InChI=1S/C22H15BrClNO3/c1-13(26)14-6-8-15(9-7-14)22(28)25-20-11-10-16(23)12-18(20)21(27)17-4-2-3-5-19(17)24/h2-12H,1H3,(H,25,28). The van der Waals surface area contributed by atoms with Crippen LogP contribution in [0.5, 0.6) is 0 Å². The fourth-order valence-corrected chi connectivity index (χ4v) is 3.24. The van der Waals surface area contributed by atoms with Crippen LogP contribution in [0, 0.1) is 0 Å². The van der Waals surface area contributed by atoms with Gasteiger partial charge in [-0.05, 0) is 49.4 Å². The molecule has 1 N–H and O–H groups in total. The molecular weight excluding hydrogens is 442 g/mol. The Labute approximate surface area is 175 Å². The largest absolute Gasteiger partial charge is 0.321 e. The highest BCUT2D eigenvalue weighted by atomic mass is 79.9. The third-order valence-electron chi connectivity index (χ3n) is 4.15. The number of benzene rings is 3. The summed E-state index contributed by atoms with van der Waals surface area (Å²) in [7, 11) is 0. The van der Waals surface area contributed by atoms with Crippen molar-refractivity contribution in [2.45, 2.75) is 6.92 Å². The first-order valence-corrected chi connectivity index (χ1v) is 9.55. The first kappa shape index (κ1) is 20.0. The molecule has 1 amide bonds. The van der Waals surface area contributed by atoms with Crippen LogP contribution in [-0.2, 0) is 0 Å². The van der Waals surface area contributed by atoms with Gasteiger partial charge in [0.2, 0.25) is 0 Å². The summed E-state index contributed by atoms with van der Waals surface area (Å²) < 4.78 is 0.701. The molecule has 0 saturated heterocycles. The van der Waals surface area contributed by atoms with E-state index in [0.29, 0.717) is 37.4 Å². The molecule has 0 fully saturated rings. The van der Waals surface area contributed by atoms with Crippen LogP contribution in [0.25, 0.3) is 0 Å². The third-order valence-corrected chi connectivity index (χ3v) is 4.97. The van der Waals surface area contributed by atoms with Gasteiger partial charge in [-0.2, -0.15) is 0 Å². The monoisotopic (exact) mass is 455 g/mol. The number of nitrogens with one attached hydrogen (secondary N) is 1. The quantitative estimate of drug-likeness (QED) is 0.494. The Morgan fingerprint density at radius 3 is 2.14 bits per heavy atom. The van der Waals surface area contributed by atoms with E-state index >= 15 is 0 Å². The zero-order chi connectivity index (χ0) is 20.3. The molecule has 0 aliphatic heterocycles. The molecule has 0 aliphatic rings. The van der Waals surface area contributed by atoms with E-state index < -0.39 is 0 Å². The number of ketones is 2. The number of halogens is 2. The molecule has 0 aliphatic carbocycles. The van der Waals surface area contributed by atoms with Crippen molar-refractivity contribution in [1.82, 2.24) is 0 Å². The Hall–Kier alpha value is -2.76. The lowest BCUT2D eigenvalue weighted by atomic mass is 10.0.